The van der Waals surface area contributed by atoms with Crippen molar-refractivity contribution in [1.82, 2.24) is 40.9 Å². The lowest BCUT2D eigenvalue weighted by molar-refractivity contribution is 0.0936. The summed E-state index contributed by atoms with van der Waals surface area (Å²) in [5.74, 6) is 0.468. The number of nitrogens with two attached hydrogens (primary N) is 2. The van der Waals surface area contributed by atoms with Gasteiger partial charge in [0.25, 0.3) is 11.8 Å². The third-order valence-electron chi connectivity index (χ3n) is 9.10. The lowest BCUT2D eigenvalue weighted by atomic mass is 9.85. The second kappa shape index (κ2) is 15.9. The topological polar surface area (TPSA) is 193 Å². The molecule has 16 heteroatoms. The minimum absolute atomic E-state index is 0.00971. The fraction of sp³-hybridized carbons (Fsp3) is 0.438. The van der Waals surface area contributed by atoms with E-state index in [9.17, 15) is 9.59 Å². The number of fused-ring (bicyclic) bond motifs is 2. The van der Waals surface area contributed by atoms with Gasteiger partial charge in [0, 0.05) is 24.5 Å². The molecule has 4 unspecified atom stereocenters. The summed E-state index contributed by atoms with van der Waals surface area (Å²) in [7, 11) is 0. The number of thiocarbonyl (C=S) groups is 2. The van der Waals surface area contributed by atoms with E-state index in [0.29, 0.717) is 35.0 Å². The van der Waals surface area contributed by atoms with Crippen LogP contribution in [0.1, 0.15) is 85.9 Å². The lowest BCUT2D eigenvalue weighted by Gasteiger charge is -2.31. The number of amides is 2. The second-order valence-electron chi connectivity index (χ2n) is 12.5. The van der Waals surface area contributed by atoms with Crippen molar-refractivity contribution in [3.05, 3.63) is 60.2 Å². The molecule has 2 fully saturated rings. The highest BCUT2D eigenvalue weighted by Gasteiger charge is 2.26. The summed E-state index contributed by atoms with van der Waals surface area (Å²) in [5, 5.41) is 15.8. The Morgan fingerprint density at radius 2 is 1.08 bits per heavy atom. The number of anilines is 2. The molecular formula is C32H44N12O2S2. The molecule has 0 aromatic carbocycles. The number of aromatic nitrogens is 4. The molecule has 4 aromatic heterocycles. The molecule has 4 heterocycles. The summed E-state index contributed by atoms with van der Waals surface area (Å²) in [6.07, 6.45) is 16.4. The maximum atomic E-state index is 12.5. The van der Waals surface area contributed by atoms with Crippen LogP contribution in [0.5, 0.6) is 0 Å². The van der Waals surface area contributed by atoms with E-state index < -0.39 is 0 Å². The van der Waals surface area contributed by atoms with E-state index >= 15 is 0 Å². The van der Waals surface area contributed by atoms with Crippen LogP contribution in [0.2, 0.25) is 0 Å². The predicted molar refractivity (Wildman–Crippen MR) is 195 cm³/mol. The summed E-state index contributed by atoms with van der Waals surface area (Å²) in [5.41, 5.74) is 24.9. The molecule has 2 amide bonds. The normalized spacial score (nSPS) is 20.5. The first-order valence-corrected chi connectivity index (χ1v) is 17.1. The maximum Gasteiger partial charge on any atom is 0.273 e. The molecule has 2 aliphatic carbocycles. The van der Waals surface area contributed by atoms with Gasteiger partial charge in [-0.05, 0) is 86.2 Å². The van der Waals surface area contributed by atoms with Gasteiger partial charge in [-0.25, -0.2) is 9.03 Å². The Morgan fingerprint density at radius 3 is 1.46 bits per heavy atom. The van der Waals surface area contributed by atoms with Gasteiger partial charge in [0.15, 0.2) is 10.2 Å². The van der Waals surface area contributed by atoms with Gasteiger partial charge in [-0.15, -0.1) is 0 Å². The van der Waals surface area contributed by atoms with Crippen molar-refractivity contribution in [3.63, 3.8) is 0 Å². The molecule has 2 saturated carbocycles. The van der Waals surface area contributed by atoms with Crippen molar-refractivity contribution < 1.29 is 9.59 Å². The maximum absolute atomic E-state index is 12.5. The Kier molecular flexibility index (Phi) is 11.5. The van der Waals surface area contributed by atoms with Gasteiger partial charge in [0.05, 0.1) is 45.9 Å². The van der Waals surface area contributed by atoms with E-state index in [4.69, 9.17) is 35.9 Å². The first-order valence-electron chi connectivity index (χ1n) is 16.3. The molecule has 256 valence electrons. The van der Waals surface area contributed by atoms with Crippen LogP contribution in [0.3, 0.4) is 0 Å². The standard InChI is InChI=1S/2C16H22N6OS/c2*1-10-5-2-3-6-12(10)19-14-11(15(23)20-21-16(17)24)9-18-22-8-4-7-13(14)22/h2*4,7-10,12,19H,2-3,5-6H2,1H3,(H,20,23)(H3,17,21,24). The van der Waals surface area contributed by atoms with Crippen LogP contribution in [-0.4, -0.2) is 53.4 Å². The van der Waals surface area contributed by atoms with E-state index in [2.05, 4.69) is 56.4 Å². The number of hydrogen-bond acceptors (Lipinski definition) is 8. The Balaban J connectivity index is 0.000000188. The molecular weight excluding hydrogens is 649 g/mol. The number of carbonyl (C=O) groups is 2. The number of nitrogens with one attached hydrogen (secondary N) is 6. The highest BCUT2D eigenvalue weighted by Crippen LogP contribution is 2.31. The zero-order chi connectivity index (χ0) is 34.2. The molecule has 0 bridgehead atoms. The first-order chi connectivity index (χ1) is 23.1. The van der Waals surface area contributed by atoms with Crippen LogP contribution in [0.15, 0.2) is 49.1 Å². The minimum Gasteiger partial charge on any atom is -0.380 e. The Bertz CT molecular complexity index is 1640. The van der Waals surface area contributed by atoms with Crippen molar-refractivity contribution in [2.75, 3.05) is 10.6 Å². The summed E-state index contributed by atoms with van der Waals surface area (Å²) in [6.45, 7) is 4.50. The molecule has 48 heavy (non-hydrogen) atoms. The van der Waals surface area contributed by atoms with Gasteiger partial charge in [-0.3, -0.25) is 31.3 Å². The monoisotopic (exact) mass is 692 g/mol. The summed E-state index contributed by atoms with van der Waals surface area (Å²) in [6, 6.07) is 8.39. The number of hydrazine groups is 2. The molecule has 0 aliphatic heterocycles. The summed E-state index contributed by atoms with van der Waals surface area (Å²) >= 11 is 9.45. The molecule has 6 rings (SSSR count). The van der Waals surface area contributed by atoms with Crippen molar-refractivity contribution in [2.45, 2.75) is 77.3 Å². The molecule has 10 N–H and O–H groups in total. The average molecular weight is 693 g/mol. The van der Waals surface area contributed by atoms with Gasteiger partial charge < -0.3 is 22.1 Å². The van der Waals surface area contributed by atoms with Crippen LogP contribution in [0.25, 0.3) is 11.0 Å². The van der Waals surface area contributed by atoms with E-state index in [-0.39, 0.29) is 22.0 Å². The quantitative estimate of drug-likeness (QED) is 0.108. The minimum atomic E-state index is -0.329. The van der Waals surface area contributed by atoms with Crippen molar-refractivity contribution >= 4 is 68.9 Å². The zero-order valence-electron chi connectivity index (χ0n) is 27.2. The Morgan fingerprint density at radius 1 is 0.688 bits per heavy atom. The Hall–Kier alpha value is -4.70. The number of carbonyl (C=O) groups excluding carboxylic acids is 2. The Labute approximate surface area is 290 Å². The van der Waals surface area contributed by atoms with Crippen molar-refractivity contribution in [1.29, 1.82) is 0 Å². The summed E-state index contributed by atoms with van der Waals surface area (Å²) in [4.78, 5) is 25.0. The van der Waals surface area contributed by atoms with Crippen LogP contribution >= 0.6 is 24.4 Å². The van der Waals surface area contributed by atoms with Crippen molar-refractivity contribution in [2.24, 2.45) is 23.3 Å². The molecule has 0 spiro atoms. The van der Waals surface area contributed by atoms with E-state index in [0.717, 1.165) is 35.2 Å². The van der Waals surface area contributed by atoms with Gasteiger partial charge >= 0.3 is 0 Å². The SMILES string of the molecule is CC1CCCCC1Nc1c(C(=O)NNC(N)=S)cnn2cccc12.CC1CCCCC1Nc1c(C(=O)NNC(N)=S)cnn2cccc12. The predicted octanol–water partition coefficient (Wildman–Crippen LogP) is 3.61. The number of nitrogens with zero attached hydrogens (tertiary/aromatic N) is 4. The highest BCUT2D eigenvalue weighted by molar-refractivity contribution is 7.80. The van der Waals surface area contributed by atoms with Gasteiger partial charge in [0.2, 0.25) is 0 Å². The van der Waals surface area contributed by atoms with Crippen LogP contribution in [0, 0.1) is 11.8 Å². The summed E-state index contributed by atoms with van der Waals surface area (Å²) < 4.78 is 3.52. The van der Waals surface area contributed by atoms with Gasteiger partial charge in [0.1, 0.15) is 0 Å². The molecule has 2 aliphatic rings. The molecule has 0 saturated heterocycles. The van der Waals surface area contributed by atoms with Crippen LogP contribution < -0.4 is 43.8 Å². The van der Waals surface area contributed by atoms with Crippen molar-refractivity contribution in [3.8, 4) is 0 Å². The average Bonchev–Trinajstić information content (AvgIpc) is 3.75. The molecule has 4 atom stereocenters. The highest BCUT2D eigenvalue weighted by atomic mass is 32.1. The first kappa shape index (κ1) is 34.6. The van der Waals surface area contributed by atoms with E-state index in [1.54, 1.807) is 21.4 Å². The van der Waals surface area contributed by atoms with Gasteiger partial charge in [-0.2, -0.15) is 10.2 Å². The van der Waals surface area contributed by atoms with Crippen LogP contribution in [0.4, 0.5) is 11.4 Å². The number of hydrogen-bond donors (Lipinski definition) is 8. The van der Waals surface area contributed by atoms with E-state index in [1.165, 1.54) is 38.5 Å². The smallest absolute Gasteiger partial charge is 0.273 e. The molecule has 14 nitrogen and oxygen atoms in total. The zero-order valence-corrected chi connectivity index (χ0v) is 28.8. The fourth-order valence-corrected chi connectivity index (χ4v) is 6.54. The third kappa shape index (κ3) is 8.41. The molecule has 4 aromatic rings. The largest absolute Gasteiger partial charge is 0.380 e. The molecule has 0 radical (unpaired) electrons. The lowest BCUT2D eigenvalue weighted by Crippen LogP contribution is -2.44. The van der Waals surface area contributed by atoms with E-state index in [1.807, 2.05) is 36.7 Å². The van der Waals surface area contributed by atoms with Gasteiger partial charge in [-0.1, -0.05) is 39.5 Å². The third-order valence-corrected chi connectivity index (χ3v) is 9.30. The second-order valence-corrected chi connectivity index (χ2v) is 13.3. The number of rotatable bonds is 6. The van der Waals surface area contributed by atoms with Crippen LogP contribution in [-0.2, 0) is 0 Å². The fourth-order valence-electron chi connectivity index (χ4n) is 6.44.